The van der Waals surface area contributed by atoms with Gasteiger partial charge in [0, 0.05) is 13.2 Å². The predicted octanol–water partition coefficient (Wildman–Crippen LogP) is 3.01. The minimum absolute atomic E-state index is 0.0543. The summed E-state index contributed by atoms with van der Waals surface area (Å²) in [6.07, 6.45) is 1.27. The molecule has 3 rings (SSSR count). The maximum absolute atomic E-state index is 12.6. The van der Waals surface area contributed by atoms with E-state index in [0.717, 1.165) is 19.4 Å². The number of rotatable bonds is 8. The number of methoxy groups -OCH3 is 1. The molecule has 2 N–H and O–H groups in total. The molecule has 2 amide bonds. The molecule has 2 aromatic rings. The van der Waals surface area contributed by atoms with E-state index in [1.54, 1.807) is 62.6 Å². The van der Waals surface area contributed by atoms with Gasteiger partial charge in [-0.25, -0.2) is 0 Å². The Hall–Kier alpha value is -3.06. The van der Waals surface area contributed by atoms with Crippen LogP contribution in [-0.4, -0.2) is 44.3 Å². The first-order valence-electron chi connectivity index (χ1n) is 9.67. The Morgan fingerprint density at radius 1 is 1.14 bits per heavy atom. The zero-order chi connectivity index (χ0) is 20.6. The number of hydrogen-bond donors (Lipinski definition) is 2. The van der Waals surface area contributed by atoms with Crippen LogP contribution in [-0.2, 0) is 9.53 Å². The minimum Gasteiger partial charge on any atom is -0.497 e. The normalized spacial score (nSPS) is 16.7. The van der Waals surface area contributed by atoms with Crippen molar-refractivity contribution in [3.8, 4) is 11.5 Å². The largest absolute Gasteiger partial charge is 0.497 e. The summed E-state index contributed by atoms with van der Waals surface area (Å²) in [6.45, 7) is 2.84. The summed E-state index contributed by atoms with van der Waals surface area (Å²) in [7, 11) is 1.58. The average molecular weight is 398 g/mol. The van der Waals surface area contributed by atoms with Crippen LogP contribution in [0.2, 0.25) is 0 Å². The van der Waals surface area contributed by atoms with Gasteiger partial charge in [-0.3, -0.25) is 9.59 Å². The van der Waals surface area contributed by atoms with Gasteiger partial charge in [0.05, 0.1) is 24.5 Å². The van der Waals surface area contributed by atoms with Crippen molar-refractivity contribution in [3.63, 3.8) is 0 Å². The molecule has 0 aliphatic carbocycles. The van der Waals surface area contributed by atoms with Crippen LogP contribution in [0.15, 0.2) is 48.5 Å². The van der Waals surface area contributed by atoms with Gasteiger partial charge in [-0.2, -0.15) is 0 Å². The molecule has 7 nitrogen and oxygen atoms in total. The Bertz CT molecular complexity index is 831. The van der Waals surface area contributed by atoms with Gasteiger partial charge in [-0.05, 0) is 56.2 Å². The van der Waals surface area contributed by atoms with E-state index >= 15 is 0 Å². The molecule has 29 heavy (non-hydrogen) atoms. The Balaban J connectivity index is 1.59. The van der Waals surface area contributed by atoms with Crippen LogP contribution in [0.5, 0.6) is 11.5 Å². The van der Waals surface area contributed by atoms with Crippen LogP contribution in [0.4, 0.5) is 5.69 Å². The SMILES string of the molecule is COc1ccc(OC(C)C(=O)Nc2ccccc2C(=O)NCC2CCCO2)cc1. The fourth-order valence-corrected chi connectivity index (χ4v) is 3.04. The molecule has 7 heteroatoms. The number of benzene rings is 2. The molecule has 2 atom stereocenters. The monoisotopic (exact) mass is 398 g/mol. The molecule has 1 heterocycles. The average Bonchev–Trinajstić information content (AvgIpc) is 3.26. The second kappa shape index (κ2) is 9.93. The minimum atomic E-state index is -0.744. The lowest BCUT2D eigenvalue weighted by atomic mass is 10.1. The van der Waals surface area contributed by atoms with Gasteiger partial charge in [0.15, 0.2) is 6.10 Å². The van der Waals surface area contributed by atoms with Crippen molar-refractivity contribution in [1.82, 2.24) is 5.32 Å². The van der Waals surface area contributed by atoms with E-state index in [9.17, 15) is 9.59 Å². The van der Waals surface area contributed by atoms with Crippen molar-refractivity contribution < 1.29 is 23.8 Å². The fraction of sp³-hybridized carbons (Fsp3) is 0.364. The number of anilines is 1. The van der Waals surface area contributed by atoms with Gasteiger partial charge < -0.3 is 24.8 Å². The maximum Gasteiger partial charge on any atom is 0.265 e. The first-order valence-corrected chi connectivity index (χ1v) is 9.67. The zero-order valence-corrected chi connectivity index (χ0v) is 16.6. The summed E-state index contributed by atoms with van der Waals surface area (Å²) in [5.74, 6) is 0.661. The van der Waals surface area contributed by atoms with E-state index < -0.39 is 6.10 Å². The molecule has 0 saturated carbocycles. The second-order valence-corrected chi connectivity index (χ2v) is 6.82. The van der Waals surface area contributed by atoms with Gasteiger partial charge in [-0.15, -0.1) is 0 Å². The van der Waals surface area contributed by atoms with E-state index in [0.29, 0.717) is 29.3 Å². The first kappa shape index (κ1) is 20.7. The highest BCUT2D eigenvalue weighted by Crippen LogP contribution is 2.20. The fourth-order valence-electron chi connectivity index (χ4n) is 3.04. The molecular formula is C22H26N2O5. The van der Waals surface area contributed by atoms with E-state index in [2.05, 4.69) is 10.6 Å². The highest BCUT2D eigenvalue weighted by Gasteiger charge is 2.20. The Morgan fingerprint density at radius 3 is 2.55 bits per heavy atom. The highest BCUT2D eigenvalue weighted by atomic mass is 16.5. The molecule has 2 unspecified atom stereocenters. The first-order chi connectivity index (χ1) is 14.1. The highest BCUT2D eigenvalue weighted by molar-refractivity contribution is 6.04. The zero-order valence-electron chi connectivity index (χ0n) is 16.6. The molecule has 0 spiro atoms. The lowest BCUT2D eigenvalue weighted by molar-refractivity contribution is -0.122. The van der Waals surface area contributed by atoms with E-state index in [1.807, 2.05) is 0 Å². The predicted molar refractivity (Wildman–Crippen MR) is 109 cm³/mol. The third-order valence-corrected chi connectivity index (χ3v) is 4.69. The number of ether oxygens (including phenoxy) is 3. The molecule has 1 fully saturated rings. The Labute approximate surface area is 170 Å². The summed E-state index contributed by atoms with van der Waals surface area (Å²) < 4.78 is 16.3. The number of carbonyl (C=O) groups excluding carboxylic acids is 2. The van der Waals surface area contributed by atoms with Crippen molar-refractivity contribution >= 4 is 17.5 Å². The lowest BCUT2D eigenvalue weighted by Crippen LogP contribution is -2.34. The number of nitrogens with one attached hydrogen (secondary N) is 2. The lowest BCUT2D eigenvalue weighted by Gasteiger charge is -2.17. The maximum atomic E-state index is 12.6. The van der Waals surface area contributed by atoms with Crippen LogP contribution in [0.25, 0.3) is 0 Å². The van der Waals surface area contributed by atoms with Crippen molar-refractivity contribution in [1.29, 1.82) is 0 Å². The van der Waals surface area contributed by atoms with Crippen LogP contribution in [0, 0.1) is 0 Å². The van der Waals surface area contributed by atoms with Crippen LogP contribution < -0.4 is 20.1 Å². The van der Waals surface area contributed by atoms with Gasteiger partial charge in [0.1, 0.15) is 11.5 Å². The third kappa shape index (κ3) is 5.71. The molecule has 1 aliphatic heterocycles. The molecule has 0 radical (unpaired) electrons. The number of carbonyl (C=O) groups is 2. The van der Waals surface area contributed by atoms with Crippen LogP contribution >= 0.6 is 0 Å². The molecule has 1 aliphatic rings. The Morgan fingerprint density at radius 2 is 1.86 bits per heavy atom. The van der Waals surface area contributed by atoms with Crippen molar-refractivity contribution in [2.24, 2.45) is 0 Å². The summed E-state index contributed by atoms with van der Waals surface area (Å²) in [5.41, 5.74) is 0.836. The van der Waals surface area contributed by atoms with Crippen LogP contribution in [0.1, 0.15) is 30.1 Å². The summed E-state index contributed by atoms with van der Waals surface area (Å²) in [5, 5.41) is 5.66. The van der Waals surface area contributed by atoms with Crippen molar-refractivity contribution in [2.45, 2.75) is 32.0 Å². The third-order valence-electron chi connectivity index (χ3n) is 4.69. The van der Waals surface area contributed by atoms with Gasteiger partial charge >= 0.3 is 0 Å². The van der Waals surface area contributed by atoms with Gasteiger partial charge in [0.25, 0.3) is 11.8 Å². The summed E-state index contributed by atoms with van der Waals surface area (Å²) in [6, 6.07) is 13.9. The number of para-hydroxylation sites is 1. The summed E-state index contributed by atoms with van der Waals surface area (Å²) >= 11 is 0. The van der Waals surface area contributed by atoms with E-state index in [1.165, 1.54) is 0 Å². The van der Waals surface area contributed by atoms with E-state index in [4.69, 9.17) is 14.2 Å². The molecule has 0 aromatic heterocycles. The quantitative estimate of drug-likeness (QED) is 0.714. The molecular weight excluding hydrogens is 372 g/mol. The number of amides is 2. The van der Waals surface area contributed by atoms with Crippen molar-refractivity contribution in [2.75, 3.05) is 25.6 Å². The summed E-state index contributed by atoms with van der Waals surface area (Å²) in [4.78, 5) is 25.1. The Kier molecular flexibility index (Phi) is 7.08. The van der Waals surface area contributed by atoms with Gasteiger partial charge in [-0.1, -0.05) is 12.1 Å². The number of hydrogen-bond acceptors (Lipinski definition) is 5. The van der Waals surface area contributed by atoms with Crippen LogP contribution in [0.3, 0.4) is 0 Å². The molecule has 154 valence electrons. The standard InChI is InChI=1S/C22H26N2O5/c1-15(29-17-11-9-16(27-2)10-12-17)21(25)24-20-8-4-3-7-19(20)22(26)23-14-18-6-5-13-28-18/h3-4,7-12,15,18H,5-6,13-14H2,1-2H3,(H,23,26)(H,24,25). The van der Waals surface area contributed by atoms with E-state index in [-0.39, 0.29) is 17.9 Å². The topological polar surface area (TPSA) is 85.9 Å². The smallest absolute Gasteiger partial charge is 0.265 e. The molecule has 2 aromatic carbocycles. The van der Waals surface area contributed by atoms with Gasteiger partial charge in [0.2, 0.25) is 0 Å². The second-order valence-electron chi connectivity index (χ2n) is 6.82. The molecule has 0 bridgehead atoms. The molecule has 1 saturated heterocycles. The van der Waals surface area contributed by atoms with Crippen molar-refractivity contribution in [3.05, 3.63) is 54.1 Å².